The zero-order valence-electron chi connectivity index (χ0n) is 8.21. The number of aryl methyl sites for hydroxylation is 1. The molecule has 2 rings (SSSR count). The van der Waals surface area contributed by atoms with Gasteiger partial charge in [-0.1, -0.05) is 0 Å². The van der Waals surface area contributed by atoms with Crippen molar-refractivity contribution in [1.29, 1.82) is 0 Å². The second-order valence-electron chi connectivity index (χ2n) is 3.36. The summed E-state index contributed by atoms with van der Waals surface area (Å²) in [4.78, 5) is 4.50. The lowest BCUT2D eigenvalue weighted by Gasteiger charge is -1.97. The van der Waals surface area contributed by atoms with E-state index in [4.69, 9.17) is 0 Å². The fraction of sp³-hybridized carbons (Fsp3) is 0.300. The fourth-order valence-electron chi connectivity index (χ4n) is 1.51. The first-order valence-electron chi connectivity index (χ1n) is 4.49. The number of pyridine rings is 1. The number of halogens is 1. The molecule has 0 aliphatic carbocycles. The van der Waals surface area contributed by atoms with Gasteiger partial charge >= 0.3 is 0 Å². The minimum absolute atomic E-state index is 0.799. The fourth-order valence-corrected chi connectivity index (χ4v) is 2.16. The van der Waals surface area contributed by atoms with Gasteiger partial charge in [0.05, 0.1) is 10.2 Å². The Kier molecular flexibility index (Phi) is 2.56. The van der Waals surface area contributed by atoms with Crippen LogP contribution in [0.4, 0.5) is 0 Å². The minimum atomic E-state index is 0.799. The Bertz CT molecular complexity index is 462. The van der Waals surface area contributed by atoms with Crippen LogP contribution in [0.25, 0.3) is 5.65 Å². The Morgan fingerprint density at radius 2 is 2.29 bits per heavy atom. The molecule has 2 heterocycles. The number of rotatable bonds is 2. The van der Waals surface area contributed by atoms with Crippen LogP contribution < -0.4 is 5.32 Å². The van der Waals surface area contributed by atoms with E-state index in [0.717, 1.165) is 22.4 Å². The number of hydrogen-bond donors (Lipinski definition) is 1. The Morgan fingerprint density at radius 3 is 3.00 bits per heavy atom. The monoisotopic (exact) mass is 253 g/mol. The lowest BCUT2D eigenvalue weighted by Crippen LogP contribution is -2.04. The average molecular weight is 254 g/mol. The molecule has 0 aliphatic heterocycles. The zero-order chi connectivity index (χ0) is 10.1. The highest BCUT2D eigenvalue weighted by atomic mass is 79.9. The van der Waals surface area contributed by atoms with Gasteiger partial charge in [-0.15, -0.1) is 0 Å². The minimum Gasteiger partial charge on any atom is -0.314 e. The predicted molar refractivity (Wildman–Crippen MR) is 60.4 cm³/mol. The molecule has 4 heteroatoms. The van der Waals surface area contributed by atoms with Crippen molar-refractivity contribution in [2.75, 3.05) is 7.05 Å². The predicted octanol–water partition coefficient (Wildman–Crippen LogP) is 2.12. The first-order chi connectivity index (χ1) is 6.70. The van der Waals surface area contributed by atoms with Crippen molar-refractivity contribution in [2.45, 2.75) is 13.5 Å². The number of imidazole rings is 1. The van der Waals surface area contributed by atoms with Gasteiger partial charge in [0, 0.05) is 18.9 Å². The summed E-state index contributed by atoms with van der Waals surface area (Å²) in [5.41, 5.74) is 3.25. The van der Waals surface area contributed by atoms with Crippen molar-refractivity contribution in [2.24, 2.45) is 0 Å². The summed E-state index contributed by atoms with van der Waals surface area (Å²) in [7, 11) is 1.92. The molecule has 14 heavy (non-hydrogen) atoms. The molecular formula is C10H12BrN3. The molecule has 0 fully saturated rings. The van der Waals surface area contributed by atoms with E-state index in [9.17, 15) is 0 Å². The molecule has 0 spiro atoms. The second-order valence-corrected chi connectivity index (χ2v) is 4.21. The molecule has 0 amide bonds. The molecule has 0 unspecified atom stereocenters. The normalized spacial score (nSPS) is 11.1. The van der Waals surface area contributed by atoms with Crippen LogP contribution in [0.2, 0.25) is 0 Å². The Morgan fingerprint density at radius 1 is 1.50 bits per heavy atom. The van der Waals surface area contributed by atoms with E-state index in [-0.39, 0.29) is 0 Å². The van der Waals surface area contributed by atoms with Gasteiger partial charge in [-0.25, -0.2) is 4.98 Å². The molecular weight excluding hydrogens is 242 g/mol. The van der Waals surface area contributed by atoms with Crippen LogP contribution in [0.1, 0.15) is 11.3 Å². The van der Waals surface area contributed by atoms with Crippen LogP contribution in [0.15, 0.2) is 22.9 Å². The molecule has 0 radical (unpaired) electrons. The average Bonchev–Trinajstić information content (AvgIpc) is 2.48. The second kappa shape index (κ2) is 3.71. The number of fused-ring (bicyclic) bond motifs is 1. The maximum absolute atomic E-state index is 4.50. The summed E-state index contributed by atoms with van der Waals surface area (Å²) < 4.78 is 3.09. The lowest BCUT2D eigenvalue weighted by molar-refractivity contribution is 0.798. The smallest absolute Gasteiger partial charge is 0.151 e. The standard InChI is InChI=1S/C10H12BrN3/c1-7-3-9(11)10-13-8(4-12-2)6-14(10)5-7/h3,5-6,12H,4H2,1-2H3. The third-order valence-corrected chi connectivity index (χ3v) is 2.63. The van der Waals surface area contributed by atoms with E-state index in [1.165, 1.54) is 5.56 Å². The summed E-state index contributed by atoms with van der Waals surface area (Å²) in [6.07, 6.45) is 4.12. The molecule has 2 aromatic heterocycles. The maximum Gasteiger partial charge on any atom is 0.151 e. The Balaban J connectivity index is 2.58. The maximum atomic E-state index is 4.50. The van der Waals surface area contributed by atoms with E-state index in [0.29, 0.717) is 0 Å². The molecule has 0 bridgehead atoms. The van der Waals surface area contributed by atoms with Gasteiger partial charge in [0.2, 0.25) is 0 Å². The van der Waals surface area contributed by atoms with E-state index < -0.39 is 0 Å². The topological polar surface area (TPSA) is 29.3 Å². The van der Waals surface area contributed by atoms with Crippen LogP contribution in [0.3, 0.4) is 0 Å². The Hall–Kier alpha value is -0.870. The summed E-state index contributed by atoms with van der Waals surface area (Å²) >= 11 is 3.51. The van der Waals surface area contributed by atoms with E-state index in [1.807, 2.05) is 17.6 Å². The molecule has 0 atom stereocenters. The molecule has 2 aromatic rings. The first kappa shape index (κ1) is 9.68. The van der Waals surface area contributed by atoms with Crippen molar-refractivity contribution in [3.05, 3.63) is 34.2 Å². The van der Waals surface area contributed by atoms with Gasteiger partial charge in [0.1, 0.15) is 0 Å². The van der Waals surface area contributed by atoms with Gasteiger partial charge in [0.25, 0.3) is 0 Å². The molecule has 0 aromatic carbocycles. The highest BCUT2D eigenvalue weighted by Crippen LogP contribution is 2.19. The van der Waals surface area contributed by atoms with E-state index >= 15 is 0 Å². The van der Waals surface area contributed by atoms with Crippen molar-refractivity contribution in [3.63, 3.8) is 0 Å². The third kappa shape index (κ3) is 1.67. The van der Waals surface area contributed by atoms with Crippen molar-refractivity contribution in [3.8, 4) is 0 Å². The van der Waals surface area contributed by atoms with Crippen LogP contribution in [-0.4, -0.2) is 16.4 Å². The Labute approximate surface area is 91.3 Å². The highest BCUT2D eigenvalue weighted by Gasteiger charge is 2.04. The van der Waals surface area contributed by atoms with Crippen molar-refractivity contribution in [1.82, 2.24) is 14.7 Å². The molecule has 0 saturated carbocycles. The van der Waals surface area contributed by atoms with Gasteiger partial charge in [-0.2, -0.15) is 0 Å². The molecule has 0 aliphatic rings. The lowest BCUT2D eigenvalue weighted by atomic mass is 10.3. The highest BCUT2D eigenvalue weighted by molar-refractivity contribution is 9.10. The van der Waals surface area contributed by atoms with E-state index in [1.54, 1.807) is 0 Å². The molecule has 0 saturated heterocycles. The number of aromatic nitrogens is 2. The molecule has 74 valence electrons. The van der Waals surface area contributed by atoms with Gasteiger partial charge in [0.15, 0.2) is 5.65 Å². The van der Waals surface area contributed by atoms with Gasteiger partial charge in [-0.05, 0) is 41.5 Å². The van der Waals surface area contributed by atoms with Crippen LogP contribution in [-0.2, 0) is 6.54 Å². The zero-order valence-corrected chi connectivity index (χ0v) is 9.80. The quantitative estimate of drug-likeness (QED) is 0.889. The summed E-state index contributed by atoms with van der Waals surface area (Å²) in [5, 5.41) is 3.09. The van der Waals surface area contributed by atoms with Gasteiger partial charge < -0.3 is 9.72 Å². The third-order valence-electron chi connectivity index (χ3n) is 2.05. The largest absolute Gasteiger partial charge is 0.314 e. The summed E-state index contributed by atoms with van der Waals surface area (Å²) in [6.45, 7) is 2.87. The van der Waals surface area contributed by atoms with Crippen LogP contribution in [0.5, 0.6) is 0 Å². The van der Waals surface area contributed by atoms with Crippen molar-refractivity contribution >= 4 is 21.6 Å². The summed E-state index contributed by atoms with van der Waals surface area (Å²) in [6, 6.07) is 2.07. The number of nitrogens with one attached hydrogen (secondary N) is 1. The van der Waals surface area contributed by atoms with Gasteiger partial charge in [-0.3, -0.25) is 0 Å². The van der Waals surface area contributed by atoms with Crippen LogP contribution in [0, 0.1) is 6.92 Å². The molecule has 3 nitrogen and oxygen atoms in total. The molecule has 1 N–H and O–H groups in total. The SMILES string of the molecule is CNCc1cn2cc(C)cc(Br)c2n1. The number of nitrogens with zero attached hydrogens (tertiary/aromatic N) is 2. The van der Waals surface area contributed by atoms with Crippen molar-refractivity contribution < 1.29 is 0 Å². The summed E-state index contributed by atoms with van der Waals surface area (Å²) in [5.74, 6) is 0. The van der Waals surface area contributed by atoms with Crippen LogP contribution >= 0.6 is 15.9 Å². The van der Waals surface area contributed by atoms with E-state index in [2.05, 4.69) is 45.4 Å². The number of hydrogen-bond acceptors (Lipinski definition) is 2. The first-order valence-corrected chi connectivity index (χ1v) is 5.28.